The maximum atomic E-state index is 13.8. The molecule has 1 amide bonds. The lowest BCUT2D eigenvalue weighted by Gasteiger charge is -2.43. The largest absolute Gasteiger partial charge is 0.497 e. The number of piperazine rings is 1. The number of methoxy groups -OCH3 is 2. The minimum absolute atomic E-state index is 0. The van der Waals surface area contributed by atoms with Crippen molar-refractivity contribution in [1.82, 2.24) is 14.7 Å². The van der Waals surface area contributed by atoms with Gasteiger partial charge in [0.15, 0.2) is 0 Å². The van der Waals surface area contributed by atoms with Crippen molar-refractivity contribution in [1.29, 1.82) is 0 Å². The Kier molecular flexibility index (Phi) is 13.1. The second kappa shape index (κ2) is 16.1. The van der Waals surface area contributed by atoms with Gasteiger partial charge >= 0.3 is 6.18 Å². The lowest BCUT2D eigenvalue weighted by atomic mass is 9.98. The summed E-state index contributed by atoms with van der Waals surface area (Å²) in [5.41, 5.74) is 0.166. The molecule has 3 aromatic rings. The summed E-state index contributed by atoms with van der Waals surface area (Å²) in [6.07, 6.45) is -3.94. The van der Waals surface area contributed by atoms with Crippen molar-refractivity contribution in [2.45, 2.75) is 24.7 Å². The molecule has 0 radical (unpaired) electrons. The Hall–Kier alpha value is -2.60. The molecule has 5 rings (SSSR count). The van der Waals surface area contributed by atoms with E-state index in [1.54, 1.807) is 12.0 Å². The van der Waals surface area contributed by atoms with E-state index in [1.807, 2.05) is 12.1 Å². The molecule has 2 heterocycles. The van der Waals surface area contributed by atoms with Crippen molar-refractivity contribution in [2.24, 2.45) is 0 Å². The summed E-state index contributed by atoms with van der Waals surface area (Å²) in [4.78, 5) is 20.3. The van der Waals surface area contributed by atoms with Crippen LogP contribution in [0.15, 0.2) is 60.7 Å². The molecule has 2 fully saturated rings. The molecule has 0 aliphatic carbocycles. The molecular formula is C32H40Cl2F3N3O4. The molecule has 0 unspecified atom stereocenters. The summed E-state index contributed by atoms with van der Waals surface area (Å²) < 4.78 is 57.1. The van der Waals surface area contributed by atoms with E-state index in [9.17, 15) is 18.0 Å². The van der Waals surface area contributed by atoms with Crippen molar-refractivity contribution in [3.63, 3.8) is 0 Å². The predicted molar refractivity (Wildman–Crippen MR) is 169 cm³/mol. The SMILES string of the molecule is COC[C@@H]1CN(CCN2CCN(C(=O)c3cc(OC)cc(C(F)(F)F)c3)[C@H](Cc3ccc4ccccc4c3)C2)CCO1.Cl.Cl. The third-order valence-corrected chi connectivity index (χ3v) is 8.14. The van der Waals surface area contributed by atoms with Crippen LogP contribution < -0.4 is 4.74 Å². The zero-order valence-corrected chi connectivity index (χ0v) is 26.6. The van der Waals surface area contributed by atoms with E-state index in [0.29, 0.717) is 39.3 Å². The molecule has 2 atom stereocenters. The number of halogens is 5. The van der Waals surface area contributed by atoms with E-state index in [0.717, 1.165) is 54.6 Å². The maximum Gasteiger partial charge on any atom is 0.416 e. The monoisotopic (exact) mass is 657 g/mol. The first-order valence-electron chi connectivity index (χ1n) is 14.3. The van der Waals surface area contributed by atoms with Gasteiger partial charge in [-0.3, -0.25) is 14.6 Å². The fraction of sp³-hybridized carbons (Fsp3) is 0.469. The number of morpholine rings is 1. The van der Waals surface area contributed by atoms with Gasteiger partial charge in [-0.2, -0.15) is 13.2 Å². The Bertz CT molecular complexity index is 1380. The summed E-state index contributed by atoms with van der Waals surface area (Å²) in [6, 6.07) is 17.4. The molecule has 2 saturated heterocycles. The summed E-state index contributed by atoms with van der Waals surface area (Å²) in [7, 11) is 2.98. The fourth-order valence-corrected chi connectivity index (χ4v) is 5.93. The smallest absolute Gasteiger partial charge is 0.416 e. The molecule has 0 N–H and O–H groups in total. The molecule has 3 aromatic carbocycles. The molecule has 44 heavy (non-hydrogen) atoms. The number of benzene rings is 3. The highest BCUT2D eigenvalue weighted by Crippen LogP contribution is 2.33. The minimum atomic E-state index is -4.59. The number of carbonyl (C=O) groups is 1. The number of ether oxygens (including phenoxy) is 3. The zero-order valence-electron chi connectivity index (χ0n) is 24.9. The molecule has 7 nitrogen and oxygen atoms in total. The van der Waals surface area contributed by atoms with Gasteiger partial charge in [0.1, 0.15) is 5.75 Å². The van der Waals surface area contributed by atoms with E-state index in [2.05, 4.69) is 40.1 Å². The van der Waals surface area contributed by atoms with Gasteiger partial charge in [0, 0.05) is 64.5 Å². The van der Waals surface area contributed by atoms with E-state index in [1.165, 1.54) is 13.2 Å². The number of amides is 1. The van der Waals surface area contributed by atoms with Crippen LogP contribution in [0.2, 0.25) is 0 Å². The van der Waals surface area contributed by atoms with Crippen molar-refractivity contribution in [2.75, 3.05) is 73.2 Å². The molecule has 2 aliphatic rings. The third kappa shape index (κ3) is 8.99. The molecule has 0 spiro atoms. The summed E-state index contributed by atoms with van der Waals surface area (Å²) in [6.45, 7) is 6.28. The van der Waals surface area contributed by atoms with E-state index < -0.39 is 17.6 Å². The second-order valence-corrected chi connectivity index (χ2v) is 11.0. The average molecular weight is 659 g/mol. The van der Waals surface area contributed by atoms with Gasteiger partial charge in [-0.25, -0.2) is 0 Å². The molecular weight excluding hydrogens is 618 g/mol. The molecule has 2 aliphatic heterocycles. The van der Waals surface area contributed by atoms with E-state index in [4.69, 9.17) is 14.2 Å². The van der Waals surface area contributed by atoms with Gasteiger partial charge in [0.2, 0.25) is 0 Å². The molecule has 242 valence electrons. The Morgan fingerprint density at radius 3 is 2.34 bits per heavy atom. The topological polar surface area (TPSA) is 54.5 Å². The van der Waals surface area contributed by atoms with E-state index >= 15 is 0 Å². The van der Waals surface area contributed by atoms with Crippen LogP contribution in [-0.2, 0) is 22.1 Å². The van der Waals surface area contributed by atoms with Gasteiger partial charge in [0.05, 0.1) is 32.0 Å². The zero-order chi connectivity index (χ0) is 29.7. The fourth-order valence-electron chi connectivity index (χ4n) is 5.93. The van der Waals surface area contributed by atoms with Crippen molar-refractivity contribution < 1.29 is 32.2 Å². The normalized spacial score (nSPS) is 19.7. The molecule has 0 saturated carbocycles. The highest BCUT2D eigenvalue weighted by molar-refractivity contribution is 5.95. The number of carbonyl (C=O) groups excluding carboxylic acids is 1. The van der Waals surface area contributed by atoms with Crippen LogP contribution in [0.5, 0.6) is 5.75 Å². The van der Waals surface area contributed by atoms with Crippen LogP contribution >= 0.6 is 24.8 Å². The Morgan fingerprint density at radius 2 is 1.64 bits per heavy atom. The second-order valence-electron chi connectivity index (χ2n) is 11.0. The van der Waals surface area contributed by atoms with Crippen LogP contribution in [0.4, 0.5) is 13.2 Å². The quantitative estimate of drug-likeness (QED) is 0.306. The highest BCUT2D eigenvalue weighted by atomic mass is 35.5. The lowest BCUT2D eigenvalue weighted by molar-refractivity contribution is -0.137. The summed E-state index contributed by atoms with van der Waals surface area (Å²) >= 11 is 0. The molecule has 12 heteroatoms. The van der Waals surface area contributed by atoms with Crippen molar-refractivity contribution in [3.8, 4) is 5.75 Å². The van der Waals surface area contributed by atoms with Crippen molar-refractivity contribution >= 4 is 41.5 Å². The lowest BCUT2D eigenvalue weighted by Crippen LogP contribution is -2.57. The maximum absolute atomic E-state index is 13.8. The molecule has 0 aromatic heterocycles. The Labute approximate surface area is 269 Å². The standard InChI is InChI=1S/C32H38F3N3O4.2ClH/c1-40-22-30-21-37(13-14-42-30)10-9-36-11-12-38(31(39)26-17-27(32(33,34)35)19-29(18-26)41-2)28(20-36)16-23-7-8-24-5-3-4-6-25(24)15-23;;/h3-8,15,17-19,28,30H,9-14,16,20-22H2,1-2H3;2*1H/t28-,30+;;/m1../s1. The van der Waals surface area contributed by atoms with Gasteiger partial charge in [-0.1, -0.05) is 42.5 Å². The van der Waals surface area contributed by atoms with Crippen LogP contribution in [0.25, 0.3) is 10.8 Å². The first-order chi connectivity index (χ1) is 20.2. The summed E-state index contributed by atoms with van der Waals surface area (Å²) in [5, 5.41) is 2.24. The Balaban J connectivity index is 0.00000264. The first-order valence-corrected chi connectivity index (χ1v) is 14.3. The van der Waals surface area contributed by atoms with Crippen molar-refractivity contribution in [3.05, 3.63) is 77.4 Å². The van der Waals surface area contributed by atoms with Gasteiger partial charge < -0.3 is 19.1 Å². The van der Waals surface area contributed by atoms with Gasteiger partial charge in [-0.15, -0.1) is 24.8 Å². The number of hydrogen-bond donors (Lipinski definition) is 0. The summed E-state index contributed by atoms with van der Waals surface area (Å²) in [5.74, 6) is -0.407. The van der Waals surface area contributed by atoms with Gasteiger partial charge in [0.25, 0.3) is 5.91 Å². The Morgan fingerprint density at radius 1 is 0.909 bits per heavy atom. The predicted octanol–water partition coefficient (Wildman–Crippen LogP) is 5.43. The number of alkyl halides is 3. The third-order valence-electron chi connectivity index (χ3n) is 8.14. The minimum Gasteiger partial charge on any atom is -0.497 e. The highest BCUT2D eigenvalue weighted by Gasteiger charge is 2.35. The van der Waals surface area contributed by atoms with Crippen LogP contribution in [0, 0.1) is 0 Å². The molecule has 0 bridgehead atoms. The van der Waals surface area contributed by atoms with E-state index in [-0.39, 0.29) is 48.3 Å². The van der Waals surface area contributed by atoms with Crippen LogP contribution in [0.1, 0.15) is 21.5 Å². The number of hydrogen-bond acceptors (Lipinski definition) is 6. The first kappa shape index (κ1) is 35.9. The number of rotatable bonds is 9. The number of fused-ring (bicyclic) bond motifs is 1. The average Bonchev–Trinajstić information content (AvgIpc) is 2.99. The van der Waals surface area contributed by atoms with Crippen LogP contribution in [-0.4, -0.2) is 106 Å². The number of nitrogens with zero attached hydrogens (tertiary/aromatic N) is 3. The van der Waals surface area contributed by atoms with Crippen LogP contribution in [0.3, 0.4) is 0 Å². The van der Waals surface area contributed by atoms with Gasteiger partial charge in [-0.05, 0) is 41.0 Å².